The Balaban J connectivity index is 2.26. The van der Waals surface area contributed by atoms with Gasteiger partial charge in [-0.2, -0.15) is 0 Å². The van der Waals surface area contributed by atoms with Gasteiger partial charge in [0.05, 0.1) is 12.2 Å². The first-order chi connectivity index (χ1) is 10.7. The van der Waals surface area contributed by atoms with E-state index in [1.165, 1.54) is 0 Å². The van der Waals surface area contributed by atoms with Crippen LogP contribution in [0, 0.1) is 0 Å². The van der Waals surface area contributed by atoms with E-state index in [2.05, 4.69) is 5.10 Å². The molecule has 0 saturated heterocycles. The van der Waals surface area contributed by atoms with Gasteiger partial charge in [0.25, 0.3) is 0 Å². The van der Waals surface area contributed by atoms with Gasteiger partial charge in [-0.3, -0.25) is 4.68 Å². The molecule has 0 atom stereocenters. The van der Waals surface area contributed by atoms with Crippen molar-refractivity contribution in [3.63, 3.8) is 0 Å². The number of halogens is 1. The molecule has 0 aliphatic heterocycles. The van der Waals surface area contributed by atoms with Gasteiger partial charge < -0.3 is 9.47 Å². The smallest absolute Gasteiger partial charge is 0.338 e. The third-order valence-corrected chi connectivity index (χ3v) is 3.69. The maximum Gasteiger partial charge on any atom is 0.338 e. The average molecular weight is 324 g/mol. The molecule has 0 saturated carbocycles. The van der Waals surface area contributed by atoms with Crippen LogP contribution in [0.25, 0.3) is 0 Å². The molecule has 0 spiro atoms. The van der Waals surface area contributed by atoms with E-state index in [1.807, 2.05) is 0 Å². The zero-order valence-corrected chi connectivity index (χ0v) is 13.2. The lowest BCUT2D eigenvalue weighted by Gasteiger charge is -2.13. The number of hydrogen-bond acceptors (Lipinski definition) is 5. The van der Waals surface area contributed by atoms with Gasteiger partial charge >= 0.3 is 5.97 Å². The quantitative estimate of drug-likeness (QED) is 0.578. The zero-order valence-electron chi connectivity index (χ0n) is 12.4. The van der Waals surface area contributed by atoms with E-state index in [0.717, 1.165) is 11.8 Å². The largest absolute Gasteiger partial charge is 0.472 e. The summed E-state index contributed by atoms with van der Waals surface area (Å²) in [5, 5.41) is 4.11. The summed E-state index contributed by atoms with van der Waals surface area (Å²) in [5.41, 5.74) is 0.991. The highest BCUT2D eigenvalue weighted by Crippen LogP contribution is 2.27. The number of benzene rings is 1. The van der Waals surface area contributed by atoms with Crippen LogP contribution in [0.2, 0.25) is 0 Å². The van der Waals surface area contributed by atoms with Crippen molar-refractivity contribution in [2.24, 2.45) is 7.05 Å². The fourth-order valence-electron chi connectivity index (χ4n) is 1.93. The number of alkyl halides is 1. The highest BCUT2D eigenvalue weighted by atomic mass is 32.2. The third-order valence-electron chi connectivity index (χ3n) is 2.89. The van der Waals surface area contributed by atoms with Gasteiger partial charge in [0, 0.05) is 29.8 Å². The van der Waals surface area contributed by atoms with Gasteiger partial charge in [0.1, 0.15) is 12.6 Å². The summed E-state index contributed by atoms with van der Waals surface area (Å²) in [7, 11) is 1.78. The Kier molecular flexibility index (Phi) is 5.83. The zero-order chi connectivity index (χ0) is 15.9. The van der Waals surface area contributed by atoms with Gasteiger partial charge in [-0.25, -0.2) is 9.18 Å². The van der Waals surface area contributed by atoms with Gasteiger partial charge in [0.2, 0.25) is 5.88 Å². The van der Waals surface area contributed by atoms with E-state index < -0.39 is 12.0 Å². The van der Waals surface area contributed by atoms with Crippen LogP contribution < -0.4 is 4.74 Å². The van der Waals surface area contributed by atoms with E-state index in [9.17, 15) is 9.18 Å². The molecule has 0 fully saturated rings. The molecule has 0 N–H and O–H groups in total. The van der Waals surface area contributed by atoms with Crippen LogP contribution in [0.1, 0.15) is 22.8 Å². The minimum atomic E-state index is -0.580. The molecule has 1 heterocycles. The number of thioether (sulfide) groups is 1. The van der Waals surface area contributed by atoms with Crippen molar-refractivity contribution in [2.45, 2.75) is 18.4 Å². The predicted molar refractivity (Wildman–Crippen MR) is 81.8 cm³/mol. The molecule has 7 heteroatoms. The van der Waals surface area contributed by atoms with Gasteiger partial charge in [-0.15, -0.1) is 5.10 Å². The summed E-state index contributed by atoms with van der Waals surface area (Å²) >= 11 is 1.01. The Labute approximate surface area is 132 Å². The lowest BCUT2D eigenvalue weighted by molar-refractivity contribution is 0.0522. The Morgan fingerprint density at radius 3 is 2.86 bits per heavy atom. The van der Waals surface area contributed by atoms with E-state index in [1.54, 1.807) is 49.1 Å². The Morgan fingerprint density at radius 2 is 2.23 bits per heavy atom. The fraction of sp³-hybridized carbons (Fsp3) is 0.333. The van der Waals surface area contributed by atoms with Crippen LogP contribution in [-0.2, 0) is 18.4 Å². The Hall–Kier alpha value is -2.02. The van der Waals surface area contributed by atoms with Crippen molar-refractivity contribution in [1.82, 2.24) is 9.78 Å². The van der Waals surface area contributed by atoms with Crippen LogP contribution in [0.3, 0.4) is 0 Å². The normalized spacial score (nSPS) is 10.5. The number of ether oxygens (including phenoxy) is 2. The van der Waals surface area contributed by atoms with Crippen molar-refractivity contribution < 1.29 is 18.7 Å². The molecule has 0 amide bonds. The third kappa shape index (κ3) is 4.00. The summed E-state index contributed by atoms with van der Waals surface area (Å²) in [5.74, 6) is 0.000731. The summed E-state index contributed by atoms with van der Waals surface area (Å²) in [6.45, 7) is 2.14. The molecule has 0 bridgehead atoms. The number of aryl methyl sites for hydroxylation is 1. The second kappa shape index (κ2) is 7.84. The number of hydrogen-bond donors (Lipinski definition) is 0. The van der Waals surface area contributed by atoms with Crippen molar-refractivity contribution in [3.05, 3.63) is 41.6 Å². The average Bonchev–Trinajstić information content (AvgIpc) is 2.92. The number of esters is 1. The number of aromatic nitrogens is 2. The van der Waals surface area contributed by atoms with Crippen LogP contribution in [0.15, 0.2) is 35.4 Å². The number of carbonyl (C=O) groups is 1. The van der Waals surface area contributed by atoms with Crippen LogP contribution in [0.4, 0.5) is 4.39 Å². The van der Waals surface area contributed by atoms with Crippen molar-refractivity contribution in [2.75, 3.05) is 12.6 Å². The molecule has 0 aliphatic rings. The summed E-state index contributed by atoms with van der Waals surface area (Å²) in [4.78, 5) is 12.7. The molecule has 0 aliphatic carbocycles. The topological polar surface area (TPSA) is 53.4 Å². The first kappa shape index (κ1) is 16.4. The molecular formula is C15H17FN2O3S. The monoisotopic (exact) mass is 324 g/mol. The van der Waals surface area contributed by atoms with Crippen molar-refractivity contribution in [3.8, 4) is 5.88 Å². The second-order valence-corrected chi connectivity index (χ2v) is 5.32. The summed E-state index contributed by atoms with van der Waals surface area (Å²) in [6.07, 6.45) is 1.75. The van der Waals surface area contributed by atoms with E-state index in [4.69, 9.17) is 9.47 Å². The molecule has 1 aromatic carbocycles. The van der Waals surface area contributed by atoms with Crippen LogP contribution >= 0.6 is 11.8 Å². The molecule has 0 radical (unpaired) electrons. The maximum absolute atomic E-state index is 12.7. The molecule has 5 nitrogen and oxygen atoms in total. The molecule has 118 valence electrons. The van der Waals surface area contributed by atoms with E-state index in [0.29, 0.717) is 21.9 Å². The molecular weight excluding hydrogens is 307 g/mol. The standard InChI is InChI=1S/C15H17FN2O3S/c1-3-20-15(19)11-5-4-6-13(22-10-16)12(11)9-21-14-7-8-18(2)17-14/h4-8H,3,9-10H2,1-2H3. The number of carbonyl (C=O) groups excluding carboxylic acids is 1. The number of nitrogens with zero attached hydrogens (tertiary/aromatic N) is 2. The highest BCUT2D eigenvalue weighted by molar-refractivity contribution is 7.99. The molecule has 2 rings (SSSR count). The Bertz CT molecular complexity index is 645. The first-order valence-electron chi connectivity index (χ1n) is 6.76. The van der Waals surface area contributed by atoms with Crippen LogP contribution in [-0.4, -0.2) is 28.4 Å². The Morgan fingerprint density at radius 1 is 1.41 bits per heavy atom. The van der Waals surface area contributed by atoms with Gasteiger partial charge in [-0.1, -0.05) is 17.8 Å². The van der Waals surface area contributed by atoms with Gasteiger partial charge in [0.15, 0.2) is 0 Å². The maximum atomic E-state index is 12.7. The molecule has 2 aromatic rings. The lowest BCUT2D eigenvalue weighted by atomic mass is 10.1. The first-order valence-corrected chi connectivity index (χ1v) is 7.74. The minimum Gasteiger partial charge on any atom is -0.472 e. The minimum absolute atomic E-state index is 0.119. The lowest BCUT2D eigenvalue weighted by Crippen LogP contribution is -2.11. The van der Waals surface area contributed by atoms with E-state index >= 15 is 0 Å². The molecule has 1 aromatic heterocycles. The molecule has 0 unspecified atom stereocenters. The predicted octanol–water partition coefficient (Wildman–Crippen LogP) is 3.19. The number of rotatable bonds is 7. The van der Waals surface area contributed by atoms with Crippen molar-refractivity contribution >= 4 is 17.7 Å². The summed E-state index contributed by atoms with van der Waals surface area (Å²) in [6, 6.07) is 6.24. The highest BCUT2D eigenvalue weighted by Gasteiger charge is 2.17. The SMILES string of the molecule is CCOC(=O)c1cccc(SCF)c1COc1ccn(C)n1. The van der Waals surface area contributed by atoms with E-state index in [-0.39, 0.29) is 13.2 Å². The van der Waals surface area contributed by atoms with Crippen LogP contribution in [0.5, 0.6) is 5.88 Å². The van der Waals surface area contributed by atoms with Gasteiger partial charge in [-0.05, 0) is 19.1 Å². The molecule has 22 heavy (non-hydrogen) atoms. The second-order valence-electron chi connectivity index (χ2n) is 4.37. The fourth-order valence-corrected chi connectivity index (χ4v) is 2.56. The van der Waals surface area contributed by atoms with Crippen molar-refractivity contribution in [1.29, 1.82) is 0 Å². The summed E-state index contributed by atoms with van der Waals surface area (Å²) < 4.78 is 24.9.